The normalized spacial score (nSPS) is 22.1. The van der Waals surface area contributed by atoms with Crippen molar-refractivity contribution in [2.24, 2.45) is 0 Å². The summed E-state index contributed by atoms with van der Waals surface area (Å²) >= 11 is 0. The molecule has 192 valence electrons. The Morgan fingerprint density at radius 3 is 2.46 bits per heavy atom. The van der Waals surface area contributed by atoms with Crippen molar-refractivity contribution >= 4 is 28.9 Å². The number of Topliss-reactive ketones (excluding diaryl/α,β-unsaturated/α-hetero) is 1. The monoisotopic (exact) mass is 501 g/mol. The molecule has 8 heteroatoms. The lowest BCUT2D eigenvalue weighted by atomic mass is 9.86. The zero-order valence-electron chi connectivity index (χ0n) is 21.5. The Balaban J connectivity index is 1.17. The van der Waals surface area contributed by atoms with Gasteiger partial charge < -0.3 is 14.4 Å². The number of rotatable bonds is 4. The van der Waals surface area contributed by atoms with Gasteiger partial charge in [-0.05, 0) is 55.7 Å². The van der Waals surface area contributed by atoms with Crippen LogP contribution in [0.5, 0.6) is 11.5 Å². The number of para-hydroxylation sites is 2. The fourth-order valence-electron chi connectivity index (χ4n) is 5.84. The Labute approximate surface area is 216 Å². The van der Waals surface area contributed by atoms with E-state index in [1.807, 2.05) is 49.1 Å². The number of ketones is 1. The van der Waals surface area contributed by atoms with E-state index >= 15 is 0 Å². The van der Waals surface area contributed by atoms with Crippen LogP contribution >= 0.6 is 0 Å². The number of benzene rings is 2. The Bertz CT molecular complexity index is 1340. The topological polar surface area (TPSA) is 79.4 Å². The molecule has 6 rings (SSSR count). The van der Waals surface area contributed by atoms with Crippen molar-refractivity contribution in [2.75, 3.05) is 44.2 Å². The molecule has 0 saturated carbocycles. The average molecular weight is 502 g/mol. The molecule has 0 aromatic heterocycles. The van der Waals surface area contributed by atoms with Crippen LogP contribution in [-0.2, 0) is 16.0 Å². The van der Waals surface area contributed by atoms with E-state index in [0.717, 1.165) is 41.9 Å². The molecule has 1 atom stereocenters. The number of hydrogen-bond acceptors (Lipinski definition) is 6. The first-order chi connectivity index (χ1) is 17.8. The first-order valence-electron chi connectivity index (χ1n) is 12.9. The van der Waals surface area contributed by atoms with Gasteiger partial charge in [-0.2, -0.15) is 0 Å². The minimum Gasteiger partial charge on any atom is -0.485 e. The molecular formula is C29H31N3O5. The second kappa shape index (κ2) is 8.73. The van der Waals surface area contributed by atoms with Crippen LogP contribution in [0.15, 0.2) is 42.5 Å². The minimum absolute atomic E-state index is 0.0479. The van der Waals surface area contributed by atoms with Crippen molar-refractivity contribution < 1.29 is 23.9 Å². The Kier molecular flexibility index (Phi) is 5.60. The maximum absolute atomic E-state index is 13.1. The predicted molar refractivity (Wildman–Crippen MR) is 139 cm³/mol. The summed E-state index contributed by atoms with van der Waals surface area (Å²) in [6.07, 6.45) is 2.28. The molecule has 0 spiro atoms. The number of ether oxygens (including phenoxy) is 2. The van der Waals surface area contributed by atoms with Crippen molar-refractivity contribution in [3.63, 3.8) is 0 Å². The number of carbonyl (C=O) groups is 3. The molecule has 2 amide bonds. The third-order valence-electron chi connectivity index (χ3n) is 7.76. The van der Waals surface area contributed by atoms with Crippen molar-refractivity contribution in [3.05, 3.63) is 59.2 Å². The number of piperazine rings is 1. The van der Waals surface area contributed by atoms with Crippen LogP contribution in [0.4, 0.5) is 5.69 Å². The molecule has 0 radical (unpaired) electrons. The fourth-order valence-corrected chi connectivity index (χ4v) is 5.84. The lowest BCUT2D eigenvalue weighted by Gasteiger charge is -2.41. The van der Waals surface area contributed by atoms with Gasteiger partial charge in [0.1, 0.15) is 6.61 Å². The van der Waals surface area contributed by atoms with Crippen molar-refractivity contribution in [1.82, 2.24) is 9.80 Å². The van der Waals surface area contributed by atoms with E-state index in [9.17, 15) is 14.4 Å². The summed E-state index contributed by atoms with van der Waals surface area (Å²) in [6, 6.07) is 11.4. The van der Waals surface area contributed by atoms with E-state index in [-0.39, 0.29) is 12.5 Å². The summed E-state index contributed by atoms with van der Waals surface area (Å²) in [5.41, 5.74) is 3.81. The van der Waals surface area contributed by atoms with Gasteiger partial charge in [0, 0.05) is 38.3 Å². The standard InChI is InChI=1S/C29H31N3O5/c1-4-18-13-20-19(15-29(2,3)32-25(20)21(14-18)26(33)28(32)35)16-30-9-11-31(12-10-30)27(34)24-17-36-22-7-5-6-8-23(22)37-24/h5-8,13-15,24H,4,9-12,16-17H2,1-3H3. The number of fused-ring (bicyclic) bond motifs is 1. The van der Waals surface area contributed by atoms with E-state index in [0.29, 0.717) is 36.7 Å². The first-order valence-corrected chi connectivity index (χ1v) is 12.9. The largest absolute Gasteiger partial charge is 0.485 e. The number of aryl methyl sites for hydroxylation is 1. The third-order valence-corrected chi connectivity index (χ3v) is 7.76. The number of amides is 2. The van der Waals surface area contributed by atoms with E-state index < -0.39 is 23.3 Å². The van der Waals surface area contributed by atoms with E-state index in [1.165, 1.54) is 0 Å². The number of hydrogen-bond donors (Lipinski definition) is 0. The molecule has 1 unspecified atom stereocenters. The molecule has 8 nitrogen and oxygen atoms in total. The molecule has 1 saturated heterocycles. The molecule has 0 bridgehead atoms. The van der Waals surface area contributed by atoms with Gasteiger partial charge in [-0.15, -0.1) is 0 Å². The van der Waals surface area contributed by atoms with Crippen LogP contribution in [0.25, 0.3) is 5.57 Å². The summed E-state index contributed by atoms with van der Waals surface area (Å²) in [6.45, 7) is 9.58. The highest BCUT2D eigenvalue weighted by molar-refractivity contribution is 6.53. The lowest BCUT2D eigenvalue weighted by molar-refractivity contribution is -0.142. The Morgan fingerprint density at radius 1 is 1.03 bits per heavy atom. The second-order valence-electron chi connectivity index (χ2n) is 10.7. The quantitative estimate of drug-likeness (QED) is 0.600. The third kappa shape index (κ3) is 3.91. The molecule has 4 aliphatic rings. The van der Waals surface area contributed by atoms with Crippen LogP contribution in [0.1, 0.15) is 42.3 Å². The maximum Gasteiger partial charge on any atom is 0.300 e. The maximum atomic E-state index is 13.1. The summed E-state index contributed by atoms with van der Waals surface area (Å²) in [5.74, 6) is 0.353. The van der Waals surface area contributed by atoms with Gasteiger partial charge in [0.15, 0.2) is 11.5 Å². The van der Waals surface area contributed by atoms with Gasteiger partial charge in [0.25, 0.3) is 17.6 Å². The predicted octanol–water partition coefficient (Wildman–Crippen LogP) is 2.94. The van der Waals surface area contributed by atoms with Gasteiger partial charge in [0.05, 0.1) is 16.8 Å². The zero-order valence-corrected chi connectivity index (χ0v) is 21.5. The summed E-state index contributed by atoms with van der Waals surface area (Å²) < 4.78 is 11.7. The molecule has 2 aromatic carbocycles. The molecule has 0 N–H and O–H groups in total. The number of nitrogens with zero attached hydrogens (tertiary/aromatic N) is 3. The SMILES string of the molecule is CCc1cc2c3c(c1)C(CN1CCN(C(=O)C4COc5ccccc5O4)CC1)=CC(C)(C)N3C(=O)C2=O. The Hall–Kier alpha value is -3.65. The fraction of sp³-hybridized carbons (Fsp3) is 0.414. The molecular weight excluding hydrogens is 470 g/mol. The molecule has 37 heavy (non-hydrogen) atoms. The van der Waals surface area contributed by atoms with E-state index in [4.69, 9.17) is 9.47 Å². The zero-order chi connectivity index (χ0) is 25.9. The van der Waals surface area contributed by atoms with Crippen LogP contribution in [0.3, 0.4) is 0 Å². The molecule has 4 heterocycles. The van der Waals surface area contributed by atoms with Gasteiger partial charge in [-0.3, -0.25) is 24.2 Å². The number of carbonyl (C=O) groups excluding carboxylic acids is 3. The smallest absolute Gasteiger partial charge is 0.300 e. The van der Waals surface area contributed by atoms with Crippen LogP contribution in [0, 0.1) is 0 Å². The van der Waals surface area contributed by atoms with Crippen molar-refractivity contribution in [3.8, 4) is 11.5 Å². The van der Waals surface area contributed by atoms with Gasteiger partial charge in [-0.1, -0.05) is 25.1 Å². The van der Waals surface area contributed by atoms with Crippen LogP contribution in [0.2, 0.25) is 0 Å². The summed E-state index contributed by atoms with van der Waals surface area (Å²) in [5, 5.41) is 0. The molecule has 0 aliphatic carbocycles. The van der Waals surface area contributed by atoms with Crippen LogP contribution in [-0.4, -0.2) is 78.4 Å². The van der Waals surface area contributed by atoms with Gasteiger partial charge >= 0.3 is 0 Å². The van der Waals surface area contributed by atoms with Crippen LogP contribution < -0.4 is 14.4 Å². The van der Waals surface area contributed by atoms with Crippen molar-refractivity contribution in [2.45, 2.75) is 38.8 Å². The lowest BCUT2D eigenvalue weighted by Crippen LogP contribution is -2.54. The minimum atomic E-state index is -0.635. The highest BCUT2D eigenvalue weighted by Crippen LogP contribution is 2.46. The average Bonchev–Trinajstić information content (AvgIpc) is 3.17. The number of anilines is 1. The summed E-state index contributed by atoms with van der Waals surface area (Å²) in [4.78, 5) is 44.7. The van der Waals surface area contributed by atoms with Gasteiger partial charge in [0.2, 0.25) is 6.10 Å². The molecule has 2 aromatic rings. The van der Waals surface area contributed by atoms with Gasteiger partial charge in [-0.25, -0.2) is 0 Å². The first kappa shape index (κ1) is 23.7. The highest BCUT2D eigenvalue weighted by Gasteiger charge is 2.47. The van der Waals surface area contributed by atoms with E-state index in [2.05, 4.69) is 24.0 Å². The van der Waals surface area contributed by atoms with E-state index in [1.54, 1.807) is 4.90 Å². The second-order valence-corrected chi connectivity index (χ2v) is 10.7. The summed E-state index contributed by atoms with van der Waals surface area (Å²) in [7, 11) is 0. The molecule has 4 aliphatic heterocycles. The highest BCUT2D eigenvalue weighted by atomic mass is 16.6. The molecule has 1 fully saturated rings. The van der Waals surface area contributed by atoms with Crippen molar-refractivity contribution in [1.29, 1.82) is 0 Å². The Morgan fingerprint density at radius 2 is 1.73 bits per heavy atom.